The highest BCUT2D eigenvalue weighted by Crippen LogP contribution is 2.22. The van der Waals surface area contributed by atoms with E-state index in [4.69, 9.17) is 10.6 Å². The van der Waals surface area contributed by atoms with E-state index in [1.165, 1.54) is 30.3 Å². The fraction of sp³-hybridized carbons (Fsp3) is 0. The maximum absolute atomic E-state index is 12.8. The van der Waals surface area contributed by atoms with Gasteiger partial charge in [-0.05, 0) is 24.3 Å². The van der Waals surface area contributed by atoms with Crippen molar-refractivity contribution in [3.05, 3.63) is 106 Å². The van der Waals surface area contributed by atoms with E-state index >= 15 is 0 Å². The molecule has 29 heavy (non-hydrogen) atoms. The van der Waals surface area contributed by atoms with Gasteiger partial charge in [0.1, 0.15) is 11.5 Å². The highest BCUT2D eigenvalue weighted by molar-refractivity contribution is 6.51. The van der Waals surface area contributed by atoms with Gasteiger partial charge in [0.05, 0.1) is 10.5 Å². The number of non-ortho nitro benzene ring substituents is 1. The van der Waals surface area contributed by atoms with E-state index in [9.17, 15) is 19.7 Å². The second-order valence-electron chi connectivity index (χ2n) is 5.86. The Labute approximate surface area is 165 Å². The second-order valence-corrected chi connectivity index (χ2v) is 5.86. The summed E-state index contributed by atoms with van der Waals surface area (Å²) in [6, 6.07) is 19.8. The average Bonchev–Trinajstić information content (AvgIpc) is 2.76. The molecule has 3 rings (SSSR count). The fourth-order valence-corrected chi connectivity index (χ4v) is 2.61. The minimum Gasteiger partial charge on any atom is -0.422 e. The Kier molecular flexibility index (Phi) is 5.74. The summed E-state index contributed by atoms with van der Waals surface area (Å²) in [5, 5.41) is 14.3. The first-order valence-corrected chi connectivity index (χ1v) is 8.45. The van der Waals surface area contributed by atoms with Crippen molar-refractivity contribution in [2.45, 2.75) is 0 Å². The molecule has 3 aromatic carbocycles. The molecule has 0 unspecified atom stereocenters. The molecule has 0 aliphatic heterocycles. The van der Waals surface area contributed by atoms with Crippen molar-refractivity contribution in [3.8, 4) is 5.75 Å². The van der Waals surface area contributed by atoms with Gasteiger partial charge in [0.15, 0.2) is 0 Å². The molecular weight excluding hydrogens is 374 g/mol. The molecule has 3 aromatic rings. The monoisotopic (exact) mass is 389 g/mol. The standard InChI is InChI=1S/C21H15N3O5/c22-23-19(20(25)14-6-2-1-3-7-14)17-8-4-5-9-18(17)29-21(26)15-10-12-16(13-11-15)24(27)28/h1-13H,22H2/b23-19+. The lowest BCUT2D eigenvalue weighted by Crippen LogP contribution is -2.20. The molecule has 0 spiro atoms. The lowest BCUT2D eigenvalue weighted by Gasteiger charge is -2.11. The minimum atomic E-state index is -0.740. The predicted octanol–water partition coefficient (Wildman–Crippen LogP) is 3.36. The van der Waals surface area contributed by atoms with E-state index in [1.807, 2.05) is 0 Å². The lowest BCUT2D eigenvalue weighted by atomic mass is 10.00. The van der Waals surface area contributed by atoms with Crippen molar-refractivity contribution < 1.29 is 19.2 Å². The summed E-state index contributed by atoms with van der Waals surface area (Å²) in [5.74, 6) is 4.38. The van der Waals surface area contributed by atoms with Crippen LogP contribution in [0.4, 0.5) is 5.69 Å². The van der Waals surface area contributed by atoms with Gasteiger partial charge in [-0.2, -0.15) is 5.10 Å². The summed E-state index contributed by atoms with van der Waals surface area (Å²) in [4.78, 5) is 35.4. The summed E-state index contributed by atoms with van der Waals surface area (Å²) in [6.07, 6.45) is 0. The van der Waals surface area contributed by atoms with Gasteiger partial charge in [0.2, 0.25) is 5.78 Å². The van der Waals surface area contributed by atoms with Crippen molar-refractivity contribution >= 4 is 23.2 Å². The van der Waals surface area contributed by atoms with Crippen LogP contribution in [-0.4, -0.2) is 22.4 Å². The number of nitrogens with two attached hydrogens (primary N) is 1. The summed E-state index contributed by atoms with van der Waals surface area (Å²) >= 11 is 0. The average molecular weight is 389 g/mol. The van der Waals surface area contributed by atoms with Gasteiger partial charge in [-0.1, -0.05) is 42.5 Å². The highest BCUT2D eigenvalue weighted by atomic mass is 16.6. The molecule has 0 aromatic heterocycles. The number of para-hydroxylation sites is 1. The summed E-state index contributed by atoms with van der Waals surface area (Å²) in [7, 11) is 0. The number of carbonyl (C=O) groups excluding carboxylic acids is 2. The van der Waals surface area contributed by atoms with Crippen LogP contribution in [0.3, 0.4) is 0 Å². The van der Waals surface area contributed by atoms with Crippen molar-refractivity contribution in [1.29, 1.82) is 0 Å². The maximum Gasteiger partial charge on any atom is 0.343 e. The maximum atomic E-state index is 12.8. The van der Waals surface area contributed by atoms with E-state index in [0.717, 1.165) is 0 Å². The molecule has 0 saturated heterocycles. The van der Waals surface area contributed by atoms with Crippen molar-refractivity contribution in [2.24, 2.45) is 10.9 Å². The molecule has 0 bridgehead atoms. The van der Waals surface area contributed by atoms with Gasteiger partial charge in [0, 0.05) is 23.3 Å². The first-order valence-electron chi connectivity index (χ1n) is 8.45. The minimum absolute atomic E-state index is 0.0664. The van der Waals surface area contributed by atoms with Crippen LogP contribution < -0.4 is 10.6 Å². The number of carbonyl (C=O) groups is 2. The van der Waals surface area contributed by atoms with Crippen molar-refractivity contribution in [3.63, 3.8) is 0 Å². The zero-order chi connectivity index (χ0) is 20.8. The molecule has 144 valence electrons. The largest absolute Gasteiger partial charge is 0.422 e. The van der Waals surface area contributed by atoms with Crippen LogP contribution in [0, 0.1) is 10.1 Å². The first-order chi connectivity index (χ1) is 14.0. The van der Waals surface area contributed by atoms with Gasteiger partial charge < -0.3 is 10.6 Å². The van der Waals surface area contributed by atoms with Gasteiger partial charge in [-0.15, -0.1) is 0 Å². The third-order valence-electron chi connectivity index (χ3n) is 4.04. The zero-order valence-electron chi connectivity index (χ0n) is 15.0. The van der Waals surface area contributed by atoms with Crippen LogP contribution in [0.25, 0.3) is 0 Å². The molecule has 0 fully saturated rings. The Hall–Kier alpha value is -4.33. The lowest BCUT2D eigenvalue weighted by molar-refractivity contribution is -0.384. The smallest absolute Gasteiger partial charge is 0.343 e. The van der Waals surface area contributed by atoms with E-state index in [2.05, 4.69) is 5.10 Å². The molecule has 0 saturated carbocycles. The number of nitrogens with zero attached hydrogens (tertiary/aromatic N) is 2. The summed E-state index contributed by atoms with van der Waals surface area (Å²) < 4.78 is 5.40. The Morgan fingerprint density at radius 2 is 1.48 bits per heavy atom. The Morgan fingerprint density at radius 1 is 0.862 bits per heavy atom. The number of esters is 1. The predicted molar refractivity (Wildman–Crippen MR) is 106 cm³/mol. The molecule has 0 amide bonds. The number of rotatable bonds is 6. The number of ketones is 1. The Morgan fingerprint density at radius 3 is 2.10 bits per heavy atom. The van der Waals surface area contributed by atoms with Crippen LogP contribution in [-0.2, 0) is 0 Å². The number of hydrazone groups is 1. The fourth-order valence-electron chi connectivity index (χ4n) is 2.61. The molecule has 0 radical (unpaired) electrons. The van der Waals surface area contributed by atoms with Crippen LogP contribution in [0.15, 0.2) is 84.0 Å². The van der Waals surface area contributed by atoms with E-state index in [1.54, 1.807) is 48.5 Å². The molecule has 0 atom stereocenters. The molecule has 8 heteroatoms. The topological polar surface area (TPSA) is 125 Å². The van der Waals surface area contributed by atoms with Crippen molar-refractivity contribution in [1.82, 2.24) is 0 Å². The SMILES string of the molecule is N/N=C(/C(=O)c1ccccc1)c1ccccc1OC(=O)c1ccc([N+](=O)[O-])cc1. The Bertz CT molecular complexity index is 1090. The molecule has 8 nitrogen and oxygen atoms in total. The molecular formula is C21H15N3O5. The number of nitro benzene ring substituents is 1. The van der Waals surface area contributed by atoms with E-state index in [0.29, 0.717) is 5.56 Å². The quantitative estimate of drug-likeness (QED) is 0.131. The first kappa shape index (κ1) is 19.4. The summed E-state index contributed by atoms with van der Waals surface area (Å²) in [5.41, 5.74) is 0.537. The van der Waals surface area contributed by atoms with Crippen LogP contribution in [0.5, 0.6) is 5.75 Å². The number of Topliss-reactive ketones (excluding diaryl/α,β-unsaturated/α-hetero) is 1. The van der Waals surface area contributed by atoms with Gasteiger partial charge in [-0.25, -0.2) is 4.79 Å². The number of benzene rings is 3. The Balaban J connectivity index is 1.89. The molecule has 0 aliphatic carbocycles. The number of ether oxygens (including phenoxy) is 1. The van der Waals surface area contributed by atoms with Gasteiger partial charge >= 0.3 is 5.97 Å². The van der Waals surface area contributed by atoms with Gasteiger partial charge in [-0.3, -0.25) is 14.9 Å². The van der Waals surface area contributed by atoms with Crippen LogP contribution in [0.2, 0.25) is 0 Å². The third-order valence-corrected chi connectivity index (χ3v) is 4.04. The molecule has 0 aliphatic rings. The number of hydrogen-bond acceptors (Lipinski definition) is 7. The van der Waals surface area contributed by atoms with Gasteiger partial charge in [0.25, 0.3) is 5.69 Å². The van der Waals surface area contributed by atoms with Crippen LogP contribution >= 0.6 is 0 Å². The normalized spacial score (nSPS) is 11.0. The highest BCUT2D eigenvalue weighted by Gasteiger charge is 2.21. The second kappa shape index (κ2) is 8.57. The summed E-state index contributed by atoms with van der Waals surface area (Å²) in [6.45, 7) is 0. The van der Waals surface area contributed by atoms with E-state index in [-0.39, 0.29) is 28.3 Å². The zero-order valence-corrected chi connectivity index (χ0v) is 15.0. The molecule has 0 heterocycles. The number of nitro groups is 1. The van der Waals surface area contributed by atoms with Crippen LogP contribution in [0.1, 0.15) is 26.3 Å². The van der Waals surface area contributed by atoms with Crippen molar-refractivity contribution in [2.75, 3.05) is 0 Å². The van der Waals surface area contributed by atoms with E-state index < -0.39 is 16.7 Å². The molecule has 2 N–H and O–H groups in total. The number of hydrogen-bond donors (Lipinski definition) is 1. The third kappa shape index (κ3) is 4.33.